The van der Waals surface area contributed by atoms with Crippen molar-refractivity contribution in [3.05, 3.63) is 34.1 Å². The van der Waals surface area contributed by atoms with E-state index >= 15 is 0 Å². The van der Waals surface area contributed by atoms with Crippen LogP contribution < -0.4 is 5.73 Å². The maximum absolute atomic E-state index is 13.4. The highest BCUT2D eigenvalue weighted by molar-refractivity contribution is 9.10. The lowest BCUT2D eigenvalue weighted by Gasteiger charge is -2.29. The van der Waals surface area contributed by atoms with Crippen LogP contribution in [0.2, 0.25) is 0 Å². The Bertz CT molecular complexity index is 445. The lowest BCUT2D eigenvalue weighted by molar-refractivity contribution is 0.259. The number of rotatable bonds is 2. The summed E-state index contributed by atoms with van der Waals surface area (Å²) in [5.74, 6) is 1.23. The highest BCUT2D eigenvalue weighted by Crippen LogP contribution is 2.36. The van der Waals surface area contributed by atoms with E-state index < -0.39 is 0 Å². The minimum atomic E-state index is -0.169. The Morgan fingerprint density at radius 2 is 2.11 bits per heavy atom. The molecule has 2 fully saturated rings. The molecule has 2 nitrogen and oxygen atoms in total. The molecule has 1 heterocycles. The average Bonchev–Trinajstić information content (AvgIpc) is 2.71. The number of nitrogens with two attached hydrogens (primary N) is 1. The first-order chi connectivity index (χ1) is 9.11. The smallest absolute Gasteiger partial charge is 0.124 e. The monoisotopic (exact) mass is 326 g/mol. The van der Waals surface area contributed by atoms with Crippen molar-refractivity contribution < 1.29 is 4.39 Å². The number of hydrogen-bond acceptors (Lipinski definition) is 2. The first-order valence-corrected chi connectivity index (χ1v) is 7.84. The third-order valence-electron chi connectivity index (χ3n) is 4.56. The van der Waals surface area contributed by atoms with Crippen molar-refractivity contribution in [3.63, 3.8) is 0 Å². The lowest BCUT2D eigenvalue weighted by Crippen LogP contribution is -2.38. The van der Waals surface area contributed by atoms with Gasteiger partial charge in [-0.15, -0.1) is 0 Å². The molecule has 3 rings (SSSR count). The number of benzene rings is 1. The zero-order valence-electron chi connectivity index (χ0n) is 11.0. The molecule has 1 aromatic rings. The summed E-state index contributed by atoms with van der Waals surface area (Å²) in [6, 6.07) is 5.50. The largest absolute Gasteiger partial charge is 0.327 e. The number of likely N-dealkylation sites (tertiary alicyclic amines) is 1. The van der Waals surface area contributed by atoms with E-state index in [4.69, 9.17) is 5.73 Å². The molecule has 19 heavy (non-hydrogen) atoms. The van der Waals surface area contributed by atoms with Crippen LogP contribution in [0.25, 0.3) is 0 Å². The standard InChI is InChI=1S/C15H20BrFN2/c16-12-4-10(5-13(17)6-12)7-19-8-11-2-1-3-15(18)14(11)9-19/h4-6,11,14-15H,1-3,7-9,18H2. The van der Waals surface area contributed by atoms with E-state index in [9.17, 15) is 4.39 Å². The summed E-state index contributed by atoms with van der Waals surface area (Å²) in [6.45, 7) is 3.02. The third kappa shape index (κ3) is 3.01. The van der Waals surface area contributed by atoms with Gasteiger partial charge in [0.2, 0.25) is 0 Å². The van der Waals surface area contributed by atoms with Crippen molar-refractivity contribution in [1.29, 1.82) is 0 Å². The van der Waals surface area contributed by atoms with Crippen molar-refractivity contribution in [3.8, 4) is 0 Å². The summed E-state index contributed by atoms with van der Waals surface area (Å²) in [6.07, 6.45) is 3.74. The maximum Gasteiger partial charge on any atom is 0.124 e. The van der Waals surface area contributed by atoms with Crippen LogP contribution in [0.1, 0.15) is 24.8 Å². The molecule has 3 unspecified atom stereocenters. The first kappa shape index (κ1) is 13.5. The summed E-state index contributed by atoms with van der Waals surface area (Å²) in [5, 5.41) is 0. The van der Waals surface area contributed by atoms with Gasteiger partial charge in [-0.2, -0.15) is 0 Å². The predicted octanol–water partition coefficient (Wildman–Crippen LogP) is 3.15. The van der Waals surface area contributed by atoms with Crippen LogP contribution in [-0.4, -0.2) is 24.0 Å². The Morgan fingerprint density at radius 1 is 1.26 bits per heavy atom. The van der Waals surface area contributed by atoms with Crippen LogP contribution in [0.4, 0.5) is 4.39 Å². The van der Waals surface area contributed by atoms with E-state index in [1.54, 1.807) is 6.07 Å². The molecule has 3 atom stereocenters. The number of nitrogens with zero attached hydrogens (tertiary/aromatic N) is 1. The van der Waals surface area contributed by atoms with Gasteiger partial charge in [0.05, 0.1) is 0 Å². The second kappa shape index (κ2) is 5.51. The summed E-state index contributed by atoms with van der Waals surface area (Å²) in [5.41, 5.74) is 7.27. The highest BCUT2D eigenvalue weighted by Gasteiger charge is 2.38. The number of fused-ring (bicyclic) bond motifs is 1. The summed E-state index contributed by atoms with van der Waals surface area (Å²) >= 11 is 3.35. The van der Waals surface area contributed by atoms with Crippen LogP contribution in [-0.2, 0) is 6.54 Å². The fourth-order valence-corrected chi connectivity index (χ4v) is 4.21. The fraction of sp³-hybridized carbons (Fsp3) is 0.600. The molecule has 1 aromatic carbocycles. The minimum Gasteiger partial charge on any atom is -0.327 e. The number of hydrogen-bond donors (Lipinski definition) is 1. The van der Waals surface area contributed by atoms with E-state index in [1.807, 2.05) is 6.07 Å². The Morgan fingerprint density at radius 3 is 2.84 bits per heavy atom. The van der Waals surface area contributed by atoms with Gasteiger partial charge < -0.3 is 5.73 Å². The molecule has 0 spiro atoms. The molecule has 0 aromatic heterocycles. The molecule has 4 heteroatoms. The molecule has 1 saturated carbocycles. The second-order valence-corrected chi connectivity index (χ2v) is 6.91. The van der Waals surface area contributed by atoms with Crippen molar-refractivity contribution in [1.82, 2.24) is 4.90 Å². The van der Waals surface area contributed by atoms with E-state index in [1.165, 1.54) is 25.3 Å². The van der Waals surface area contributed by atoms with Crippen LogP contribution in [0.3, 0.4) is 0 Å². The van der Waals surface area contributed by atoms with Crippen LogP contribution in [0, 0.1) is 17.7 Å². The quantitative estimate of drug-likeness (QED) is 0.904. The molecule has 0 bridgehead atoms. The Balaban J connectivity index is 1.68. The summed E-state index contributed by atoms with van der Waals surface area (Å²) in [4.78, 5) is 2.43. The molecular weight excluding hydrogens is 307 g/mol. The topological polar surface area (TPSA) is 29.3 Å². The highest BCUT2D eigenvalue weighted by atomic mass is 79.9. The molecule has 0 radical (unpaired) electrons. The third-order valence-corrected chi connectivity index (χ3v) is 5.02. The molecule has 2 aliphatic rings. The lowest BCUT2D eigenvalue weighted by atomic mass is 9.78. The van der Waals surface area contributed by atoms with Gasteiger partial charge in [-0.25, -0.2) is 4.39 Å². The SMILES string of the molecule is NC1CCCC2CN(Cc3cc(F)cc(Br)c3)CC12. The van der Waals surface area contributed by atoms with Gasteiger partial charge in [-0.3, -0.25) is 4.90 Å². The molecule has 104 valence electrons. The molecule has 1 saturated heterocycles. The van der Waals surface area contributed by atoms with Gasteiger partial charge >= 0.3 is 0 Å². The van der Waals surface area contributed by atoms with Gasteiger partial charge in [0.1, 0.15) is 5.82 Å². The molecular formula is C15H20BrFN2. The van der Waals surface area contributed by atoms with Crippen molar-refractivity contribution in [2.24, 2.45) is 17.6 Å². The normalized spacial score (nSPS) is 31.4. The van der Waals surface area contributed by atoms with Crippen molar-refractivity contribution in [2.75, 3.05) is 13.1 Å². The Kier molecular flexibility index (Phi) is 3.92. The summed E-state index contributed by atoms with van der Waals surface area (Å²) in [7, 11) is 0. The predicted molar refractivity (Wildman–Crippen MR) is 78.2 cm³/mol. The zero-order chi connectivity index (χ0) is 13.4. The number of halogens is 2. The van der Waals surface area contributed by atoms with Crippen molar-refractivity contribution in [2.45, 2.75) is 31.8 Å². The Hall–Kier alpha value is -0.450. The first-order valence-electron chi connectivity index (χ1n) is 7.05. The van der Waals surface area contributed by atoms with Gasteiger partial charge in [-0.05, 0) is 48.4 Å². The van der Waals surface area contributed by atoms with Gasteiger partial charge in [-0.1, -0.05) is 22.4 Å². The molecule has 2 N–H and O–H groups in total. The van der Waals surface area contributed by atoms with Crippen LogP contribution in [0.15, 0.2) is 22.7 Å². The van der Waals surface area contributed by atoms with Crippen molar-refractivity contribution >= 4 is 15.9 Å². The fourth-order valence-electron chi connectivity index (χ4n) is 3.70. The minimum absolute atomic E-state index is 0.169. The van der Waals surface area contributed by atoms with Gasteiger partial charge in [0.15, 0.2) is 0 Å². The zero-order valence-corrected chi connectivity index (χ0v) is 12.6. The van der Waals surface area contributed by atoms with Gasteiger partial charge in [0.25, 0.3) is 0 Å². The van der Waals surface area contributed by atoms with E-state index in [0.29, 0.717) is 12.0 Å². The van der Waals surface area contributed by atoms with E-state index in [-0.39, 0.29) is 5.82 Å². The average molecular weight is 327 g/mol. The Labute approximate surface area is 122 Å². The van der Waals surface area contributed by atoms with Crippen LogP contribution >= 0.6 is 15.9 Å². The molecule has 1 aliphatic carbocycles. The maximum atomic E-state index is 13.4. The molecule has 0 amide bonds. The van der Waals surface area contributed by atoms with E-state index in [0.717, 1.165) is 35.6 Å². The summed E-state index contributed by atoms with van der Waals surface area (Å²) < 4.78 is 14.2. The molecule has 1 aliphatic heterocycles. The second-order valence-electron chi connectivity index (χ2n) is 5.99. The van der Waals surface area contributed by atoms with Crippen LogP contribution in [0.5, 0.6) is 0 Å². The van der Waals surface area contributed by atoms with E-state index in [2.05, 4.69) is 20.8 Å². The van der Waals surface area contributed by atoms with Gasteiger partial charge in [0, 0.05) is 30.1 Å².